The first-order valence-corrected chi connectivity index (χ1v) is 5.87. The first-order valence-electron chi connectivity index (χ1n) is 5.87. The van der Waals surface area contributed by atoms with Crippen LogP contribution in [-0.2, 0) is 4.74 Å². The van der Waals surface area contributed by atoms with Crippen LogP contribution in [0.15, 0.2) is 0 Å². The van der Waals surface area contributed by atoms with Crippen LogP contribution in [0.25, 0.3) is 0 Å². The quantitative estimate of drug-likeness (QED) is 0.632. The predicted octanol–water partition coefficient (Wildman–Crippen LogP) is 3.77. The van der Waals surface area contributed by atoms with E-state index in [-0.39, 0.29) is 5.60 Å². The SMILES string of the molecule is CCCOC(C)(CC)C1CCCC1. The highest BCUT2D eigenvalue weighted by Gasteiger charge is 2.34. The normalized spacial score (nSPS) is 23.3. The van der Waals surface area contributed by atoms with Gasteiger partial charge in [0.05, 0.1) is 5.60 Å². The van der Waals surface area contributed by atoms with Gasteiger partial charge in [-0.1, -0.05) is 26.7 Å². The molecule has 1 fully saturated rings. The Bertz CT molecular complexity index is 138. The molecule has 1 unspecified atom stereocenters. The van der Waals surface area contributed by atoms with E-state index in [0.717, 1.165) is 25.4 Å². The van der Waals surface area contributed by atoms with Crippen LogP contribution in [0, 0.1) is 5.92 Å². The number of hydrogen-bond acceptors (Lipinski definition) is 1. The van der Waals surface area contributed by atoms with E-state index in [2.05, 4.69) is 20.8 Å². The Labute approximate surface area is 82.9 Å². The standard InChI is InChI=1S/C12H24O/c1-4-10-13-12(3,5-2)11-8-6-7-9-11/h11H,4-10H2,1-3H3. The highest BCUT2D eigenvalue weighted by atomic mass is 16.5. The number of hydrogen-bond donors (Lipinski definition) is 0. The molecule has 0 bridgehead atoms. The molecule has 0 aromatic carbocycles. The summed E-state index contributed by atoms with van der Waals surface area (Å²) in [6.07, 6.45) is 7.90. The third-order valence-electron chi connectivity index (χ3n) is 3.56. The molecule has 0 spiro atoms. The van der Waals surface area contributed by atoms with E-state index in [4.69, 9.17) is 4.74 Å². The lowest BCUT2D eigenvalue weighted by Gasteiger charge is -2.34. The van der Waals surface area contributed by atoms with Crippen molar-refractivity contribution in [1.29, 1.82) is 0 Å². The molecule has 1 aliphatic rings. The van der Waals surface area contributed by atoms with E-state index in [1.54, 1.807) is 0 Å². The maximum absolute atomic E-state index is 6.01. The van der Waals surface area contributed by atoms with Gasteiger partial charge in [-0.05, 0) is 38.5 Å². The minimum atomic E-state index is 0.173. The average molecular weight is 184 g/mol. The summed E-state index contributed by atoms with van der Waals surface area (Å²) in [5, 5.41) is 0. The lowest BCUT2D eigenvalue weighted by molar-refractivity contribution is -0.0747. The zero-order valence-electron chi connectivity index (χ0n) is 9.44. The fourth-order valence-electron chi connectivity index (χ4n) is 2.38. The second-order valence-electron chi connectivity index (χ2n) is 4.50. The summed E-state index contributed by atoms with van der Waals surface area (Å²) in [4.78, 5) is 0. The molecule has 1 atom stereocenters. The van der Waals surface area contributed by atoms with Crippen LogP contribution in [-0.4, -0.2) is 12.2 Å². The lowest BCUT2D eigenvalue weighted by Crippen LogP contribution is -2.36. The van der Waals surface area contributed by atoms with Gasteiger partial charge in [0.1, 0.15) is 0 Å². The first-order chi connectivity index (χ1) is 6.23. The Morgan fingerprint density at radius 1 is 1.23 bits per heavy atom. The third kappa shape index (κ3) is 2.70. The second kappa shape index (κ2) is 4.99. The molecule has 0 N–H and O–H groups in total. The highest BCUT2D eigenvalue weighted by Crippen LogP contribution is 2.38. The fourth-order valence-corrected chi connectivity index (χ4v) is 2.38. The van der Waals surface area contributed by atoms with Crippen LogP contribution < -0.4 is 0 Å². The summed E-state index contributed by atoms with van der Waals surface area (Å²) in [6.45, 7) is 7.68. The van der Waals surface area contributed by atoms with Gasteiger partial charge < -0.3 is 4.74 Å². The van der Waals surface area contributed by atoms with Crippen LogP contribution in [0.3, 0.4) is 0 Å². The summed E-state index contributed by atoms with van der Waals surface area (Å²) >= 11 is 0. The summed E-state index contributed by atoms with van der Waals surface area (Å²) in [6, 6.07) is 0. The fraction of sp³-hybridized carbons (Fsp3) is 1.00. The van der Waals surface area contributed by atoms with Crippen molar-refractivity contribution in [3.05, 3.63) is 0 Å². The van der Waals surface area contributed by atoms with Gasteiger partial charge in [-0.15, -0.1) is 0 Å². The van der Waals surface area contributed by atoms with Crippen molar-refractivity contribution < 1.29 is 4.74 Å². The van der Waals surface area contributed by atoms with Crippen molar-refractivity contribution in [3.63, 3.8) is 0 Å². The molecule has 78 valence electrons. The van der Waals surface area contributed by atoms with Crippen molar-refractivity contribution in [3.8, 4) is 0 Å². The van der Waals surface area contributed by atoms with Crippen LogP contribution >= 0.6 is 0 Å². The maximum atomic E-state index is 6.01. The summed E-state index contributed by atoms with van der Waals surface area (Å²) in [7, 11) is 0. The van der Waals surface area contributed by atoms with Gasteiger partial charge in [-0.2, -0.15) is 0 Å². The molecule has 0 saturated heterocycles. The van der Waals surface area contributed by atoms with E-state index >= 15 is 0 Å². The van der Waals surface area contributed by atoms with Crippen molar-refractivity contribution in [1.82, 2.24) is 0 Å². The smallest absolute Gasteiger partial charge is 0.0679 e. The average Bonchev–Trinajstić information content (AvgIpc) is 2.67. The molecule has 0 amide bonds. The molecule has 0 aliphatic heterocycles. The highest BCUT2D eigenvalue weighted by molar-refractivity contribution is 4.86. The predicted molar refractivity (Wildman–Crippen MR) is 56.9 cm³/mol. The zero-order chi connectivity index (χ0) is 9.73. The van der Waals surface area contributed by atoms with Crippen LogP contribution in [0.5, 0.6) is 0 Å². The summed E-state index contributed by atoms with van der Waals surface area (Å²) < 4.78 is 6.01. The number of ether oxygens (including phenoxy) is 1. The zero-order valence-corrected chi connectivity index (χ0v) is 9.44. The third-order valence-corrected chi connectivity index (χ3v) is 3.56. The van der Waals surface area contributed by atoms with E-state index in [1.807, 2.05) is 0 Å². The van der Waals surface area contributed by atoms with E-state index < -0.39 is 0 Å². The molecule has 1 saturated carbocycles. The van der Waals surface area contributed by atoms with Crippen molar-refractivity contribution in [2.24, 2.45) is 5.92 Å². The molecule has 13 heavy (non-hydrogen) atoms. The minimum Gasteiger partial charge on any atom is -0.375 e. The van der Waals surface area contributed by atoms with E-state index in [9.17, 15) is 0 Å². The molecule has 1 nitrogen and oxygen atoms in total. The molecule has 0 aromatic heterocycles. The lowest BCUT2D eigenvalue weighted by atomic mass is 9.85. The summed E-state index contributed by atoms with van der Waals surface area (Å²) in [5.41, 5.74) is 0.173. The van der Waals surface area contributed by atoms with Crippen LogP contribution in [0.2, 0.25) is 0 Å². The van der Waals surface area contributed by atoms with Gasteiger partial charge in [0.25, 0.3) is 0 Å². The molecule has 1 heteroatoms. The van der Waals surface area contributed by atoms with Gasteiger partial charge in [0.15, 0.2) is 0 Å². The van der Waals surface area contributed by atoms with Gasteiger partial charge in [0.2, 0.25) is 0 Å². The molecular formula is C12H24O. The maximum Gasteiger partial charge on any atom is 0.0679 e. The monoisotopic (exact) mass is 184 g/mol. The Morgan fingerprint density at radius 2 is 1.85 bits per heavy atom. The summed E-state index contributed by atoms with van der Waals surface area (Å²) in [5.74, 6) is 0.823. The van der Waals surface area contributed by atoms with Gasteiger partial charge in [-0.25, -0.2) is 0 Å². The molecule has 0 heterocycles. The molecule has 0 radical (unpaired) electrons. The van der Waals surface area contributed by atoms with Crippen molar-refractivity contribution in [2.45, 2.75) is 64.9 Å². The van der Waals surface area contributed by atoms with Crippen LogP contribution in [0.1, 0.15) is 59.3 Å². The Kier molecular flexibility index (Phi) is 4.24. The topological polar surface area (TPSA) is 9.23 Å². The molecule has 1 aliphatic carbocycles. The largest absolute Gasteiger partial charge is 0.375 e. The molecule has 0 aromatic rings. The second-order valence-corrected chi connectivity index (χ2v) is 4.50. The van der Waals surface area contributed by atoms with Gasteiger partial charge in [-0.3, -0.25) is 0 Å². The minimum absolute atomic E-state index is 0.173. The Hall–Kier alpha value is -0.0400. The molecule has 1 rings (SSSR count). The van der Waals surface area contributed by atoms with E-state index in [0.29, 0.717) is 0 Å². The van der Waals surface area contributed by atoms with Crippen molar-refractivity contribution >= 4 is 0 Å². The van der Waals surface area contributed by atoms with Gasteiger partial charge >= 0.3 is 0 Å². The van der Waals surface area contributed by atoms with Crippen molar-refractivity contribution in [2.75, 3.05) is 6.61 Å². The van der Waals surface area contributed by atoms with E-state index in [1.165, 1.54) is 25.7 Å². The Morgan fingerprint density at radius 3 is 2.31 bits per heavy atom. The van der Waals surface area contributed by atoms with Gasteiger partial charge in [0, 0.05) is 6.61 Å². The first kappa shape index (κ1) is 11.0. The Balaban J connectivity index is 2.45. The molecular weight excluding hydrogens is 160 g/mol. The van der Waals surface area contributed by atoms with Crippen LogP contribution in [0.4, 0.5) is 0 Å². The number of rotatable bonds is 5.